The number of ether oxygens (including phenoxy) is 2. The molecule has 0 aliphatic carbocycles. The van der Waals surface area contributed by atoms with Crippen LogP contribution < -0.4 is 14.4 Å². The Labute approximate surface area is 217 Å². The van der Waals surface area contributed by atoms with Crippen LogP contribution in [-0.4, -0.2) is 31.0 Å². The molecule has 1 aliphatic heterocycles. The number of benzene rings is 4. The van der Waals surface area contributed by atoms with E-state index in [1.807, 2.05) is 48.5 Å². The number of Topliss-reactive ketones (excluding diaryl/α,β-unsaturated/α-hetero) is 1. The van der Waals surface area contributed by atoms with Crippen LogP contribution >= 0.6 is 15.9 Å². The van der Waals surface area contributed by atoms with Crippen molar-refractivity contribution in [3.8, 4) is 11.5 Å². The molecule has 6 nitrogen and oxygen atoms in total. The van der Waals surface area contributed by atoms with Crippen molar-refractivity contribution in [2.75, 3.05) is 19.1 Å². The van der Waals surface area contributed by atoms with Crippen LogP contribution in [-0.2, 0) is 16.9 Å². The highest BCUT2D eigenvalue weighted by Gasteiger charge is 2.51. The lowest BCUT2D eigenvalue weighted by molar-refractivity contribution is -0.136. The zero-order valence-corrected chi connectivity index (χ0v) is 21.4. The summed E-state index contributed by atoms with van der Waals surface area (Å²) in [7, 11) is 3.00. The van der Waals surface area contributed by atoms with Crippen LogP contribution in [0, 0.1) is 0 Å². The second-order valence-corrected chi connectivity index (χ2v) is 9.68. The van der Waals surface area contributed by atoms with E-state index in [4.69, 9.17) is 9.47 Å². The Morgan fingerprint density at radius 1 is 0.917 bits per heavy atom. The first-order valence-electron chi connectivity index (χ1n) is 11.4. The summed E-state index contributed by atoms with van der Waals surface area (Å²) < 4.78 is 11.3. The predicted molar refractivity (Wildman–Crippen MR) is 142 cm³/mol. The Kier molecular flexibility index (Phi) is 6.28. The molecule has 4 aromatic rings. The van der Waals surface area contributed by atoms with Crippen molar-refractivity contribution in [3.63, 3.8) is 0 Å². The Hall–Kier alpha value is -3.68. The van der Waals surface area contributed by atoms with Crippen LogP contribution in [0.2, 0.25) is 0 Å². The van der Waals surface area contributed by atoms with Gasteiger partial charge in [-0.3, -0.25) is 9.59 Å². The summed E-state index contributed by atoms with van der Waals surface area (Å²) in [5.74, 6) is -0.0300. The number of nitrogens with zero attached hydrogens (tertiary/aromatic N) is 1. The normalized spacial score (nSPS) is 16.8. The zero-order valence-electron chi connectivity index (χ0n) is 19.8. The third-order valence-corrected chi connectivity index (χ3v) is 7.06. The number of rotatable bonds is 7. The van der Waals surface area contributed by atoms with Crippen molar-refractivity contribution in [3.05, 3.63) is 100 Å². The molecule has 4 aromatic carbocycles. The van der Waals surface area contributed by atoms with E-state index in [-0.39, 0.29) is 12.3 Å². The standard InChI is InChI=1S/C29H24BrNO5/c1-35-26-12-9-21(14-27(26)36-2)25(32)16-29(34)23-15-22(30)10-11-24(23)31(28(29)33)17-18-7-8-19-5-3-4-6-20(19)13-18/h3-15,34H,16-17H2,1-2H3. The van der Waals surface area contributed by atoms with Crippen LogP contribution in [0.3, 0.4) is 0 Å². The minimum atomic E-state index is -2.00. The van der Waals surface area contributed by atoms with Crippen LogP contribution in [0.4, 0.5) is 5.69 Å². The van der Waals surface area contributed by atoms with Crippen LogP contribution in [0.1, 0.15) is 27.9 Å². The number of hydrogen-bond donors (Lipinski definition) is 1. The maximum Gasteiger partial charge on any atom is 0.264 e. The number of anilines is 1. The summed E-state index contributed by atoms with van der Waals surface area (Å²) in [5, 5.41) is 13.9. The first kappa shape index (κ1) is 24.0. The van der Waals surface area contributed by atoms with Gasteiger partial charge in [0.05, 0.1) is 32.9 Å². The summed E-state index contributed by atoms with van der Waals surface area (Å²) in [6.07, 6.45) is -0.404. The second kappa shape index (κ2) is 9.41. The van der Waals surface area contributed by atoms with Crippen molar-refractivity contribution in [1.29, 1.82) is 0 Å². The molecule has 0 bridgehead atoms. The monoisotopic (exact) mass is 545 g/mol. The number of methoxy groups -OCH3 is 2. The van der Waals surface area contributed by atoms with Gasteiger partial charge in [-0.1, -0.05) is 52.3 Å². The van der Waals surface area contributed by atoms with Gasteiger partial charge in [0.2, 0.25) is 0 Å². The van der Waals surface area contributed by atoms with E-state index in [0.29, 0.717) is 32.8 Å². The van der Waals surface area contributed by atoms with Crippen LogP contribution in [0.5, 0.6) is 11.5 Å². The third kappa shape index (κ3) is 4.14. The lowest BCUT2D eigenvalue weighted by Crippen LogP contribution is -2.41. The van der Waals surface area contributed by atoms with E-state index >= 15 is 0 Å². The summed E-state index contributed by atoms with van der Waals surface area (Å²) in [6.45, 7) is 0.269. The molecule has 5 rings (SSSR count). The number of aliphatic hydroxyl groups is 1. The number of amides is 1. The predicted octanol–water partition coefficient (Wildman–Crippen LogP) is 5.63. The van der Waals surface area contributed by atoms with E-state index in [1.165, 1.54) is 14.2 Å². The number of ketones is 1. The molecule has 36 heavy (non-hydrogen) atoms. The molecule has 1 N–H and O–H groups in total. The summed E-state index contributed by atoms with van der Waals surface area (Å²) in [4.78, 5) is 28.6. The molecule has 7 heteroatoms. The van der Waals surface area contributed by atoms with Gasteiger partial charge in [0.1, 0.15) is 0 Å². The van der Waals surface area contributed by atoms with Gasteiger partial charge in [-0.2, -0.15) is 0 Å². The van der Waals surface area contributed by atoms with E-state index in [9.17, 15) is 14.7 Å². The van der Waals surface area contributed by atoms with Crippen molar-refractivity contribution in [2.24, 2.45) is 0 Å². The molecule has 0 saturated carbocycles. The fourth-order valence-corrected chi connectivity index (χ4v) is 5.08. The highest BCUT2D eigenvalue weighted by atomic mass is 79.9. The molecular weight excluding hydrogens is 522 g/mol. The van der Waals surface area contributed by atoms with Crippen LogP contribution in [0.15, 0.2) is 83.3 Å². The minimum Gasteiger partial charge on any atom is -0.493 e. The lowest BCUT2D eigenvalue weighted by Gasteiger charge is -2.23. The number of fused-ring (bicyclic) bond motifs is 2. The topological polar surface area (TPSA) is 76.1 Å². The molecule has 0 saturated heterocycles. The molecule has 1 amide bonds. The SMILES string of the molecule is COc1ccc(C(=O)CC2(O)C(=O)N(Cc3ccc4ccccc4c3)c3ccc(Br)cc32)cc1OC. The van der Waals surface area contributed by atoms with Gasteiger partial charge in [0.25, 0.3) is 5.91 Å². The summed E-state index contributed by atoms with van der Waals surface area (Å²) >= 11 is 3.44. The van der Waals surface area contributed by atoms with Crippen molar-refractivity contribution in [1.82, 2.24) is 0 Å². The molecule has 1 aliphatic rings. The third-order valence-electron chi connectivity index (χ3n) is 6.57. The number of carbonyl (C=O) groups is 2. The van der Waals surface area contributed by atoms with Gasteiger partial charge in [-0.15, -0.1) is 0 Å². The van der Waals surface area contributed by atoms with Gasteiger partial charge in [0.15, 0.2) is 22.9 Å². The van der Waals surface area contributed by atoms with E-state index in [1.54, 1.807) is 35.2 Å². The van der Waals surface area contributed by atoms with Gasteiger partial charge in [-0.05, 0) is 58.8 Å². The fraction of sp³-hybridized carbons (Fsp3) is 0.172. The Bertz CT molecular complexity index is 1500. The minimum absolute atomic E-state index is 0.269. The zero-order chi connectivity index (χ0) is 25.4. The van der Waals surface area contributed by atoms with Crippen molar-refractivity contribution in [2.45, 2.75) is 18.6 Å². The van der Waals surface area contributed by atoms with E-state index in [0.717, 1.165) is 16.3 Å². The van der Waals surface area contributed by atoms with E-state index < -0.39 is 17.9 Å². The molecule has 1 unspecified atom stereocenters. The Morgan fingerprint density at radius 2 is 1.67 bits per heavy atom. The fourth-order valence-electron chi connectivity index (χ4n) is 4.71. The quantitative estimate of drug-likeness (QED) is 0.305. The number of hydrogen-bond acceptors (Lipinski definition) is 5. The largest absolute Gasteiger partial charge is 0.493 e. The average Bonchev–Trinajstić information content (AvgIpc) is 3.09. The summed E-state index contributed by atoms with van der Waals surface area (Å²) in [6, 6.07) is 24.1. The van der Waals surface area contributed by atoms with Crippen LogP contribution in [0.25, 0.3) is 10.8 Å². The molecule has 0 radical (unpaired) electrons. The first-order valence-corrected chi connectivity index (χ1v) is 12.2. The number of carbonyl (C=O) groups excluding carboxylic acids is 2. The van der Waals surface area contributed by atoms with Gasteiger partial charge in [0, 0.05) is 15.6 Å². The smallest absolute Gasteiger partial charge is 0.264 e. The molecular formula is C29H24BrNO5. The van der Waals surface area contributed by atoms with Gasteiger partial charge < -0.3 is 19.5 Å². The lowest BCUT2D eigenvalue weighted by atomic mass is 9.88. The Morgan fingerprint density at radius 3 is 2.42 bits per heavy atom. The maximum absolute atomic E-state index is 13.7. The molecule has 0 fully saturated rings. The Balaban J connectivity index is 1.49. The molecule has 0 aromatic heterocycles. The van der Waals surface area contributed by atoms with Crippen molar-refractivity contribution < 1.29 is 24.2 Å². The molecule has 182 valence electrons. The maximum atomic E-state index is 13.7. The highest BCUT2D eigenvalue weighted by Crippen LogP contribution is 2.45. The molecule has 1 atom stereocenters. The van der Waals surface area contributed by atoms with Gasteiger partial charge >= 0.3 is 0 Å². The van der Waals surface area contributed by atoms with E-state index in [2.05, 4.69) is 15.9 Å². The average molecular weight is 546 g/mol. The second-order valence-electron chi connectivity index (χ2n) is 8.76. The number of halogens is 1. The highest BCUT2D eigenvalue weighted by molar-refractivity contribution is 9.10. The molecule has 1 heterocycles. The first-order chi connectivity index (χ1) is 17.3. The molecule has 0 spiro atoms. The van der Waals surface area contributed by atoms with Crippen molar-refractivity contribution >= 4 is 44.1 Å². The summed E-state index contributed by atoms with van der Waals surface area (Å²) in [5.41, 5.74) is 0.223. The van der Waals surface area contributed by atoms with Gasteiger partial charge in [-0.25, -0.2) is 0 Å².